The van der Waals surface area contributed by atoms with E-state index in [1.165, 1.54) is 6.26 Å². The Morgan fingerprint density at radius 2 is 1.63 bits per heavy atom. The van der Waals surface area contributed by atoms with E-state index in [1.54, 1.807) is 42.5 Å². The normalized spacial score (nSPS) is 11.6. The molecular formula is C23H17Cl2NO3S. The van der Waals surface area contributed by atoms with E-state index in [9.17, 15) is 8.42 Å². The van der Waals surface area contributed by atoms with Crippen molar-refractivity contribution in [3.05, 3.63) is 94.3 Å². The molecule has 0 spiro atoms. The van der Waals surface area contributed by atoms with Crippen molar-refractivity contribution in [1.82, 2.24) is 4.98 Å². The molecule has 0 saturated carbocycles. The lowest BCUT2D eigenvalue weighted by molar-refractivity contribution is 0.519. The van der Waals surface area contributed by atoms with E-state index < -0.39 is 9.84 Å². The van der Waals surface area contributed by atoms with Crippen LogP contribution in [0.25, 0.3) is 22.6 Å². The molecule has 0 atom stereocenters. The van der Waals surface area contributed by atoms with Crippen LogP contribution in [0.3, 0.4) is 0 Å². The first-order valence-corrected chi connectivity index (χ1v) is 11.8. The lowest BCUT2D eigenvalue weighted by Gasteiger charge is -2.05. The molecule has 0 unspecified atom stereocenters. The lowest BCUT2D eigenvalue weighted by Crippen LogP contribution is -1.96. The van der Waals surface area contributed by atoms with Gasteiger partial charge in [-0.2, -0.15) is 0 Å². The van der Waals surface area contributed by atoms with Gasteiger partial charge in [0.25, 0.3) is 0 Å². The largest absolute Gasteiger partial charge is 0.440 e. The van der Waals surface area contributed by atoms with Crippen LogP contribution < -0.4 is 0 Å². The molecule has 3 aromatic carbocycles. The zero-order valence-electron chi connectivity index (χ0n) is 16.0. The zero-order valence-corrected chi connectivity index (χ0v) is 18.3. The van der Waals surface area contributed by atoms with Crippen LogP contribution in [0, 0.1) is 0 Å². The maximum absolute atomic E-state index is 11.8. The van der Waals surface area contributed by atoms with Gasteiger partial charge in [0, 0.05) is 28.8 Å². The van der Waals surface area contributed by atoms with Crippen LogP contribution in [0.15, 0.2) is 82.1 Å². The van der Waals surface area contributed by atoms with Crippen molar-refractivity contribution < 1.29 is 12.8 Å². The van der Waals surface area contributed by atoms with Crippen LogP contribution in [0.2, 0.25) is 10.0 Å². The van der Waals surface area contributed by atoms with Gasteiger partial charge in [0.15, 0.2) is 21.5 Å². The first-order valence-electron chi connectivity index (χ1n) is 9.11. The molecule has 0 amide bonds. The van der Waals surface area contributed by atoms with Crippen LogP contribution in [0.4, 0.5) is 0 Å². The molecule has 0 saturated heterocycles. The van der Waals surface area contributed by atoms with Gasteiger partial charge in [-0.3, -0.25) is 0 Å². The molecule has 4 nitrogen and oxygen atoms in total. The highest BCUT2D eigenvalue weighted by Gasteiger charge is 2.20. The summed E-state index contributed by atoms with van der Waals surface area (Å²) in [5.41, 5.74) is 2.97. The summed E-state index contributed by atoms with van der Waals surface area (Å²) in [7, 11) is -3.29. The molecule has 0 N–H and O–H groups in total. The average Bonchev–Trinajstić information content (AvgIpc) is 3.13. The molecule has 30 heavy (non-hydrogen) atoms. The second-order valence-corrected chi connectivity index (χ2v) is 9.73. The minimum Gasteiger partial charge on any atom is -0.440 e. The first kappa shape index (κ1) is 20.7. The van der Waals surface area contributed by atoms with Crippen molar-refractivity contribution >= 4 is 33.0 Å². The van der Waals surface area contributed by atoms with Crippen LogP contribution in [0.5, 0.6) is 0 Å². The third-order valence-corrected chi connectivity index (χ3v) is 6.29. The average molecular weight is 458 g/mol. The van der Waals surface area contributed by atoms with Crippen molar-refractivity contribution in [3.63, 3.8) is 0 Å². The van der Waals surface area contributed by atoms with E-state index in [0.717, 1.165) is 11.1 Å². The summed E-state index contributed by atoms with van der Waals surface area (Å²) in [5, 5.41) is 1.00. The van der Waals surface area contributed by atoms with Gasteiger partial charge in [-0.05, 0) is 35.9 Å². The molecule has 0 fully saturated rings. The van der Waals surface area contributed by atoms with Crippen molar-refractivity contribution in [2.24, 2.45) is 0 Å². The molecule has 0 aliphatic rings. The third-order valence-electron chi connectivity index (χ3n) is 4.60. The SMILES string of the molecule is CS(=O)(=O)c1ccc(-c2nc(Cc3ccccc3)oc2-c2cc(Cl)ccc2Cl)cc1. The third kappa shape index (κ3) is 4.43. The number of hydrogen-bond donors (Lipinski definition) is 0. The number of aromatic nitrogens is 1. The number of oxazole rings is 1. The van der Waals surface area contributed by atoms with Crippen LogP contribution in [-0.4, -0.2) is 19.7 Å². The van der Waals surface area contributed by atoms with E-state index in [-0.39, 0.29) is 4.90 Å². The number of benzene rings is 3. The van der Waals surface area contributed by atoms with Gasteiger partial charge < -0.3 is 4.42 Å². The number of halogens is 2. The second kappa shape index (κ2) is 8.26. The van der Waals surface area contributed by atoms with Crippen LogP contribution >= 0.6 is 23.2 Å². The molecule has 4 aromatic rings. The van der Waals surface area contributed by atoms with Crippen molar-refractivity contribution in [2.45, 2.75) is 11.3 Å². The molecule has 0 bridgehead atoms. The minimum atomic E-state index is -3.29. The summed E-state index contributed by atoms with van der Waals surface area (Å²) in [5.74, 6) is 1.01. The molecule has 1 heterocycles. The van der Waals surface area contributed by atoms with E-state index in [4.69, 9.17) is 32.6 Å². The van der Waals surface area contributed by atoms with Gasteiger partial charge in [0.1, 0.15) is 5.69 Å². The summed E-state index contributed by atoms with van der Waals surface area (Å²) < 4.78 is 29.7. The Kier molecular flexibility index (Phi) is 5.69. The number of rotatable bonds is 5. The lowest BCUT2D eigenvalue weighted by atomic mass is 10.1. The fraction of sp³-hybridized carbons (Fsp3) is 0.0870. The summed E-state index contributed by atoms with van der Waals surface area (Å²) in [4.78, 5) is 4.93. The van der Waals surface area contributed by atoms with E-state index in [2.05, 4.69) is 0 Å². The smallest absolute Gasteiger partial charge is 0.199 e. The summed E-state index contributed by atoms with van der Waals surface area (Å²) in [6, 6.07) is 21.5. The van der Waals surface area contributed by atoms with E-state index in [1.807, 2.05) is 30.3 Å². The van der Waals surface area contributed by atoms with Crippen molar-refractivity contribution in [2.75, 3.05) is 6.26 Å². The fourth-order valence-electron chi connectivity index (χ4n) is 3.12. The van der Waals surface area contributed by atoms with Crippen molar-refractivity contribution in [3.8, 4) is 22.6 Å². The molecule has 152 valence electrons. The van der Waals surface area contributed by atoms with Crippen LogP contribution in [-0.2, 0) is 16.3 Å². The highest BCUT2D eigenvalue weighted by atomic mass is 35.5. The maximum atomic E-state index is 11.8. The van der Waals surface area contributed by atoms with Gasteiger partial charge in [0.2, 0.25) is 0 Å². The Hall–Kier alpha value is -2.60. The summed E-state index contributed by atoms with van der Waals surface area (Å²) in [6.07, 6.45) is 1.68. The monoisotopic (exact) mass is 457 g/mol. The molecule has 7 heteroatoms. The standard InChI is InChI=1S/C23H17Cl2NO3S/c1-30(27,28)18-10-7-16(8-11-18)22-23(19-14-17(24)9-12-20(19)25)29-21(26-22)13-15-5-3-2-4-6-15/h2-12,14H,13H2,1H3. The summed E-state index contributed by atoms with van der Waals surface area (Å²) >= 11 is 12.6. The van der Waals surface area contributed by atoms with Gasteiger partial charge in [-0.1, -0.05) is 65.7 Å². The number of hydrogen-bond acceptors (Lipinski definition) is 4. The predicted octanol–water partition coefficient (Wildman–Crippen LogP) is 6.31. The zero-order chi connectivity index (χ0) is 21.3. The van der Waals surface area contributed by atoms with E-state index in [0.29, 0.717) is 39.4 Å². The van der Waals surface area contributed by atoms with Gasteiger partial charge >= 0.3 is 0 Å². The first-order chi connectivity index (χ1) is 14.3. The molecular weight excluding hydrogens is 441 g/mol. The molecule has 0 aliphatic heterocycles. The highest BCUT2D eigenvalue weighted by molar-refractivity contribution is 7.90. The van der Waals surface area contributed by atoms with Gasteiger partial charge in [-0.15, -0.1) is 0 Å². The Bertz CT molecular complexity index is 1300. The molecule has 0 aliphatic carbocycles. The predicted molar refractivity (Wildman–Crippen MR) is 120 cm³/mol. The Labute approximate surface area is 185 Å². The van der Waals surface area contributed by atoms with Gasteiger partial charge in [0.05, 0.1) is 9.92 Å². The molecule has 1 aromatic heterocycles. The fourth-order valence-corrected chi connectivity index (χ4v) is 4.13. The quantitative estimate of drug-likeness (QED) is 0.352. The highest BCUT2D eigenvalue weighted by Crippen LogP contribution is 2.38. The van der Waals surface area contributed by atoms with Gasteiger partial charge in [-0.25, -0.2) is 13.4 Å². The maximum Gasteiger partial charge on any atom is 0.199 e. The van der Waals surface area contributed by atoms with Crippen LogP contribution in [0.1, 0.15) is 11.5 Å². The Morgan fingerprint density at radius 3 is 2.30 bits per heavy atom. The number of sulfone groups is 1. The topological polar surface area (TPSA) is 60.2 Å². The molecule has 4 rings (SSSR count). The Balaban J connectivity index is 1.84. The van der Waals surface area contributed by atoms with E-state index >= 15 is 0 Å². The molecule has 0 radical (unpaired) electrons. The Morgan fingerprint density at radius 1 is 0.933 bits per heavy atom. The van der Waals surface area contributed by atoms with Crippen molar-refractivity contribution in [1.29, 1.82) is 0 Å². The number of nitrogens with zero attached hydrogens (tertiary/aromatic N) is 1. The summed E-state index contributed by atoms with van der Waals surface area (Å²) in [6.45, 7) is 0. The minimum absolute atomic E-state index is 0.238. The second-order valence-electron chi connectivity index (χ2n) is 6.87.